The number of phenolic OH excluding ortho intramolecular Hbond substituents is 1. The van der Waals surface area contributed by atoms with E-state index in [1.165, 1.54) is 6.08 Å². The van der Waals surface area contributed by atoms with Gasteiger partial charge in [-0.2, -0.15) is 5.26 Å². The van der Waals surface area contributed by atoms with Crippen LogP contribution in [-0.4, -0.2) is 11.0 Å². The minimum absolute atomic E-state index is 0.0468. The quantitative estimate of drug-likeness (QED) is 0.448. The fraction of sp³-hybridized carbons (Fsp3) is 0. The van der Waals surface area contributed by atoms with Gasteiger partial charge < -0.3 is 10.4 Å². The summed E-state index contributed by atoms with van der Waals surface area (Å²) in [6, 6.07) is 12.2. The van der Waals surface area contributed by atoms with Crippen molar-refractivity contribution in [3.8, 4) is 11.8 Å². The first-order valence-corrected chi connectivity index (χ1v) is 8.65. The molecule has 4 nitrogen and oxygen atoms in total. The number of phenols is 1. The van der Waals surface area contributed by atoms with E-state index >= 15 is 0 Å². The average molecular weight is 501 g/mol. The summed E-state index contributed by atoms with van der Waals surface area (Å²) in [5.41, 5.74) is 1.13. The van der Waals surface area contributed by atoms with Gasteiger partial charge in [0.1, 0.15) is 17.4 Å². The molecule has 2 N–H and O–H groups in total. The monoisotopic (exact) mass is 498 g/mol. The van der Waals surface area contributed by atoms with Crippen LogP contribution in [0.1, 0.15) is 5.56 Å². The van der Waals surface area contributed by atoms with E-state index in [-0.39, 0.29) is 11.3 Å². The van der Waals surface area contributed by atoms with Gasteiger partial charge in [0, 0.05) is 10.2 Å². The predicted molar refractivity (Wildman–Crippen MR) is 99.9 cm³/mol. The lowest BCUT2D eigenvalue weighted by atomic mass is 10.1. The number of anilines is 1. The van der Waals surface area contributed by atoms with Crippen LogP contribution in [0, 0.1) is 11.3 Å². The summed E-state index contributed by atoms with van der Waals surface area (Å²) in [5, 5.41) is 21.6. The highest BCUT2D eigenvalue weighted by Crippen LogP contribution is 2.34. The van der Waals surface area contributed by atoms with Gasteiger partial charge in [0.25, 0.3) is 5.91 Å². The molecule has 1 amide bonds. The van der Waals surface area contributed by atoms with Crippen LogP contribution in [0.15, 0.2) is 55.4 Å². The minimum atomic E-state index is -0.508. The molecule has 0 saturated heterocycles. The number of halogens is 3. The van der Waals surface area contributed by atoms with Crippen LogP contribution in [0.3, 0.4) is 0 Å². The normalized spacial score (nSPS) is 11.0. The van der Waals surface area contributed by atoms with Gasteiger partial charge in [-0.25, -0.2) is 0 Å². The molecule has 0 spiro atoms. The van der Waals surface area contributed by atoms with Crippen LogP contribution >= 0.6 is 47.8 Å². The smallest absolute Gasteiger partial charge is 0.266 e. The van der Waals surface area contributed by atoms with Gasteiger partial charge in [-0.3, -0.25) is 4.79 Å². The molecule has 0 unspecified atom stereocenters. The third-order valence-electron chi connectivity index (χ3n) is 2.80. The van der Waals surface area contributed by atoms with Crippen molar-refractivity contribution in [2.24, 2.45) is 0 Å². The number of benzene rings is 2. The molecule has 0 atom stereocenters. The van der Waals surface area contributed by atoms with E-state index in [1.54, 1.807) is 30.3 Å². The number of hydrogen-bond donors (Lipinski definition) is 2. The summed E-state index contributed by atoms with van der Waals surface area (Å²) in [4.78, 5) is 12.2. The zero-order valence-electron chi connectivity index (χ0n) is 11.5. The number of nitrogens with zero attached hydrogens (tertiary/aromatic N) is 1. The van der Waals surface area contributed by atoms with Crippen molar-refractivity contribution in [2.75, 3.05) is 5.32 Å². The van der Waals surface area contributed by atoms with Crippen molar-refractivity contribution >= 4 is 65.5 Å². The Balaban J connectivity index is 2.28. The molecule has 0 fully saturated rings. The number of carbonyl (C=O) groups excluding carboxylic acids is 1. The Bertz CT molecular complexity index is 818. The summed E-state index contributed by atoms with van der Waals surface area (Å²) >= 11 is 9.74. The van der Waals surface area contributed by atoms with Crippen molar-refractivity contribution in [1.29, 1.82) is 5.26 Å². The largest absolute Gasteiger partial charge is 0.506 e. The predicted octanol–water partition coefficient (Wildman–Crippen LogP) is 5.23. The lowest BCUT2D eigenvalue weighted by Gasteiger charge is -2.06. The Labute approximate surface area is 158 Å². The van der Waals surface area contributed by atoms with E-state index in [9.17, 15) is 15.2 Å². The van der Waals surface area contributed by atoms with Gasteiger partial charge in [0.15, 0.2) is 0 Å². The molecule has 0 aliphatic rings. The summed E-state index contributed by atoms with van der Waals surface area (Å²) in [7, 11) is 0. The van der Waals surface area contributed by atoms with Crippen LogP contribution in [0.4, 0.5) is 5.69 Å². The average Bonchev–Trinajstić information content (AvgIpc) is 2.50. The van der Waals surface area contributed by atoms with Gasteiger partial charge >= 0.3 is 0 Å². The van der Waals surface area contributed by atoms with E-state index in [4.69, 9.17) is 0 Å². The zero-order valence-corrected chi connectivity index (χ0v) is 16.2. The molecule has 2 aromatic carbocycles. The van der Waals surface area contributed by atoms with Gasteiger partial charge in [-0.15, -0.1) is 0 Å². The zero-order chi connectivity index (χ0) is 17.0. The fourth-order valence-corrected chi connectivity index (χ4v) is 3.37. The lowest BCUT2D eigenvalue weighted by molar-refractivity contribution is -0.112. The van der Waals surface area contributed by atoms with Crippen LogP contribution in [-0.2, 0) is 4.79 Å². The summed E-state index contributed by atoms with van der Waals surface area (Å²) in [6.07, 6.45) is 1.45. The Morgan fingerprint density at radius 2 is 1.83 bits per heavy atom. The molecule has 0 heterocycles. The Morgan fingerprint density at radius 3 is 2.39 bits per heavy atom. The van der Waals surface area contributed by atoms with Crippen molar-refractivity contribution in [2.45, 2.75) is 0 Å². The molecule has 7 heteroatoms. The topological polar surface area (TPSA) is 73.1 Å². The Morgan fingerprint density at radius 1 is 1.17 bits per heavy atom. The van der Waals surface area contributed by atoms with Crippen molar-refractivity contribution in [1.82, 2.24) is 0 Å². The van der Waals surface area contributed by atoms with Gasteiger partial charge in [0.05, 0.1) is 8.95 Å². The first kappa shape index (κ1) is 17.7. The molecule has 0 aliphatic heterocycles. The molecule has 0 aromatic heterocycles. The van der Waals surface area contributed by atoms with E-state index in [0.29, 0.717) is 20.2 Å². The van der Waals surface area contributed by atoms with Crippen LogP contribution < -0.4 is 5.32 Å². The lowest BCUT2D eigenvalue weighted by Crippen LogP contribution is -2.13. The number of aromatic hydroxyl groups is 1. The molecule has 0 radical (unpaired) electrons. The van der Waals surface area contributed by atoms with Gasteiger partial charge in [-0.05, 0) is 73.8 Å². The van der Waals surface area contributed by atoms with Crippen LogP contribution in [0.25, 0.3) is 6.08 Å². The first-order valence-electron chi connectivity index (χ1n) is 6.27. The summed E-state index contributed by atoms with van der Waals surface area (Å²) < 4.78 is 1.75. The molecule has 0 bridgehead atoms. The van der Waals surface area contributed by atoms with Crippen molar-refractivity contribution < 1.29 is 9.90 Å². The number of hydrogen-bond acceptors (Lipinski definition) is 3. The Hall–Kier alpha value is -1.62. The summed E-state index contributed by atoms with van der Waals surface area (Å²) in [5.74, 6) is -0.454. The van der Waals surface area contributed by atoms with Crippen molar-refractivity contribution in [3.63, 3.8) is 0 Å². The second kappa shape index (κ2) is 7.77. The second-order valence-electron chi connectivity index (χ2n) is 4.47. The molecule has 2 aromatic rings. The Kier molecular flexibility index (Phi) is 5.99. The standard InChI is InChI=1S/C16H9Br3N2O2/c17-11-2-1-3-12(7-11)21-16(23)10(8-20)4-9-5-13(18)15(22)14(19)6-9/h1-7,22H,(H,21,23)/b10-4-. The first-order chi connectivity index (χ1) is 10.9. The molecule has 0 saturated carbocycles. The van der Waals surface area contributed by atoms with E-state index in [0.717, 1.165) is 4.47 Å². The van der Waals surface area contributed by atoms with E-state index in [1.807, 2.05) is 12.1 Å². The third-order valence-corrected chi connectivity index (χ3v) is 4.50. The maximum Gasteiger partial charge on any atom is 0.266 e. The highest BCUT2D eigenvalue weighted by atomic mass is 79.9. The van der Waals surface area contributed by atoms with Crippen molar-refractivity contribution in [3.05, 3.63) is 61.0 Å². The number of amides is 1. The fourth-order valence-electron chi connectivity index (χ4n) is 1.75. The highest BCUT2D eigenvalue weighted by Gasteiger charge is 2.11. The SMILES string of the molecule is N#C/C(=C/c1cc(Br)c(O)c(Br)c1)C(=O)Nc1cccc(Br)c1. The third kappa shape index (κ3) is 4.67. The van der Waals surface area contributed by atoms with E-state index in [2.05, 4.69) is 53.1 Å². The molecule has 2 rings (SSSR count). The van der Waals surface area contributed by atoms with Crippen LogP contribution in [0.2, 0.25) is 0 Å². The molecular weight excluding hydrogens is 492 g/mol. The maximum absolute atomic E-state index is 12.2. The number of carbonyl (C=O) groups is 1. The van der Waals surface area contributed by atoms with Gasteiger partial charge in [0.2, 0.25) is 0 Å². The second-order valence-corrected chi connectivity index (χ2v) is 7.09. The van der Waals surface area contributed by atoms with Crippen LogP contribution in [0.5, 0.6) is 5.75 Å². The number of nitrogens with one attached hydrogen (secondary N) is 1. The highest BCUT2D eigenvalue weighted by molar-refractivity contribution is 9.11. The van der Waals surface area contributed by atoms with E-state index < -0.39 is 5.91 Å². The molecular formula is C16H9Br3N2O2. The molecule has 0 aliphatic carbocycles. The number of rotatable bonds is 3. The van der Waals surface area contributed by atoms with Gasteiger partial charge in [-0.1, -0.05) is 22.0 Å². The minimum Gasteiger partial charge on any atom is -0.506 e. The molecule has 116 valence electrons. The number of nitriles is 1. The maximum atomic E-state index is 12.2. The summed E-state index contributed by atoms with van der Waals surface area (Å²) in [6.45, 7) is 0. The molecule has 23 heavy (non-hydrogen) atoms.